The zero-order chi connectivity index (χ0) is 15.5. The molecule has 9 heteroatoms. The van der Waals surface area contributed by atoms with Gasteiger partial charge in [0.15, 0.2) is 4.90 Å². The van der Waals surface area contributed by atoms with Gasteiger partial charge < -0.3 is 0 Å². The Hall–Kier alpha value is -2.09. The van der Waals surface area contributed by atoms with Gasteiger partial charge in [-0.25, -0.2) is 18.2 Å². The van der Waals surface area contributed by atoms with Crippen LogP contribution in [-0.4, -0.2) is 42.9 Å². The van der Waals surface area contributed by atoms with Crippen LogP contribution in [0.3, 0.4) is 0 Å². The number of nitrogens with zero attached hydrogens (tertiary/aromatic N) is 3. The van der Waals surface area contributed by atoms with E-state index in [4.69, 9.17) is 0 Å². The topological polar surface area (TPSA) is 110 Å². The first kappa shape index (κ1) is 15.3. The molecular weight excluding hydrogens is 298 g/mol. The lowest BCUT2D eigenvalue weighted by Gasteiger charge is -2.28. The first-order valence-corrected chi connectivity index (χ1v) is 7.71. The van der Waals surface area contributed by atoms with Crippen molar-refractivity contribution in [1.29, 1.82) is 0 Å². The lowest BCUT2D eigenvalue weighted by molar-refractivity contribution is -0.387. The molecule has 2 rings (SSSR count). The van der Waals surface area contributed by atoms with E-state index in [1.807, 2.05) is 0 Å². The molecule has 0 radical (unpaired) electrons. The van der Waals surface area contributed by atoms with Crippen LogP contribution in [0, 0.1) is 10.1 Å². The Labute approximate surface area is 121 Å². The van der Waals surface area contributed by atoms with Crippen molar-refractivity contribution in [3.63, 3.8) is 0 Å². The standard InChI is InChI=1S/C12H13N3O5S/c16-9-13-10-5-7-14(8-6-10)21(19,20)12-4-2-1-3-11(12)15(17)18/h1-4,10H,5-8H2. The number of piperidine rings is 1. The van der Waals surface area contributed by atoms with Gasteiger partial charge >= 0.3 is 0 Å². The summed E-state index contributed by atoms with van der Waals surface area (Å²) in [6.07, 6.45) is 2.26. The Morgan fingerprint density at radius 1 is 1.29 bits per heavy atom. The maximum absolute atomic E-state index is 12.5. The van der Waals surface area contributed by atoms with E-state index >= 15 is 0 Å². The van der Waals surface area contributed by atoms with E-state index in [9.17, 15) is 23.3 Å². The minimum atomic E-state index is -3.92. The molecule has 112 valence electrons. The quantitative estimate of drug-likeness (QED) is 0.357. The third-order valence-corrected chi connectivity index (χ3v) is 5.28. The molecule has 0 spiro atoms. The molecule has 1 saturated heterocycles. The third kappa shape index (κ3) is 3.15. The second-order valence-corrected chi connectivity index (χ2v) is 6.49. The lowest BCUT2D eigenvalue weighted by atomic mass is 10.1. The molecular formula is C12H13N3O5S. The van der Waals surface area contributed by atoms with Crippen LogP contribution in [0.1, 0.15) is 12.8 Å². The predicted molar refractivity (Wildman–Crippen MR) is 73.0 cm³/mol. The molecule has 1 aliphatic rings. The Morgan fingerprint density at radius 3 is 2.48 bits per heavy atom. The van der Waals surface area contributed by atoms with Crippen molar-refractivity contribution in [1.82, 2.24) is 4.31 Å². The Bertz CT molecular complexity index is 689. The van der Waals surface area contributed by atoms with Crippen molar-refractivity contribution in [2.75, 3.05) is 13.1 Å². The summed E-state index contributed by atoms with van der Waals surface area (Å²) in [7, 11) is -3.92. The molecule has 0 unspecified atom stereocenters. The average Bonchev–Trinajstić information content (AvgIpc) is 2.48. The molecule has 1 aromatic rings. The summed E-state index contributed by atoms with van der Waals surface area (Å²) in [4.78, 5) is 23.7. The minimum absolute atomic E-state index is 0.171. The van der Waals surface area contributed by atoms with Crippen LogP contribution >= 0.6 is 0 Å². The maximum Gasteiger partial charge on any atom is 0.289 e. The largest absolute Gasteiger partial charge is 0.289 e. The maximum atomic E-state index is 12.5. The highest BCUT2D eigenvalue weighted by Crippen LogP contribution is 2.28. The summed E-state index contributed by atoms with van der Waals surface area (Å²) < 4.78 is 26.2. The number of isocyanates is 1. The monoisotopic (exact) mass is 311 g/mol. The molecule has 0 amide bonds. The number of benzene rings is 1. The smallest absolute Gasteiger partial charge is 0.258 e. The second-order valence-electron chi connectivity index (χ2n) is 4.58. The summed E-state index contributed by atoms with van der Waals surface area (Å²) in [5.41, 5.74) is -0.439. The van der Waals surface area contributed by atoms with Crippen LogP contribution in [0.25, 0.3) is 0 Å². The summed E-state index contributed by atoms with van der Waals surface area (Å²) >= 11 is 0. The zero-order valence-electron chi connectivity index (χ0n) is 11.0. The van der Waals surface area contributed by atoms with Gasteiger partial charge in [-0.05, 0) is 18.9 Å². The molecule has 21 heavy (non-hydrogen) atoms. The fourth-order valence-electron chi connectivity index (χ4n) is 2.25. The van der Waals surface area contributed by atoms with Crippen LogP contribution in [0.2, 0.25) is 0 Å². The average molecular weight is 311 g/mol. The van der Waals surface area contributed by atoms with Gasteiger partial charge in [0.2, 0.25) is 16.1 Å². The van der Waals surface area contributed by atoms with Gasteiger partial charge in [-0.1, -0.05) is 12.1 Å². The molecule has 0 bridgehead atoms. The number of hydrogen-bond acceptors (Lipinski definition) is 6. The van der Waals surface area contributed by atoms with E-state index in [1.165, 1.54) is 28.6 Å². The minimum Gasteiger partial charge on any atom is -0.258 e. The van der Waals surface area contributed by atoms with Gasteiger partial charge in [0.05, 0.1) is 11.0 Å². The Kier molecular flexibility index (Phi) is 4.46. The van der Waals surface area contributed by atoms with Crippen LogP contribution in [0.15, 0.2) is 34.2 Å². The highest BCUT2D eigenvalue weighted by atomic mass is 32.2. The van der Waals surface area contributed by atoms with Gasteiger partial charge in [-0.15, -0.1) is 0 Å². The van der Waals surface area contributed by atoms with E-state index in [-0.39, 0.29) is 24.0 Å². The molecule has 1 aromatic carbocycles. The Balaban J connectivity index is 2.28. The molecule has 1 fully saturated rings. The van der Waals surface area contributed by atoms with Gasteiger partial charge in [-0.3, -0.25) is 10.1 Å². The van der Waals surface area contributed by atoms with E-state index in [0.29, 0.717) is 12.8 Å². The predicted octanol–water partition coefficient (Wildman–Crippen LogP) is 1.08. The van der Waals surface area contributed by atoms with Crippen molar-refractivity contribution in [2.24, 2.45) is 4.99 Å². The summed E-state index contributed by atoms with van der Waals surface area (Å²) in [5, 5.41) is 11.0. The molecule has 0 N–H and O–H groups in total. The molecule has 8 nitrogen and oxygen atoms in total. The first-order valence-electron chi connectivity index (χ1n) is 6.27. The fraction of sp³-hybridized carbons (Fsp3) is 0.417. The molecule has 1 heterocycles. The Morgan fingerprint density at radius 2 is 1.90 bits per heavy atom. The van der Waals surface area contributed by atoms with Crippen molar-refractivity contribution >= 4 is 21.8 Å². The van der Waals surface area contributed by atoms with Gasteiger partial charge in [-0.2, -0.15) is 4.31 Å². The first-order chi connectivity index (χ1) is 9.96. The number of nitro groups is 1. The summed E-state index contributed by atoms with van der Waals surface area (Å²) in [5.74, 6) is 0. The van der Waals surface area contributed by atoms with Gasteiger partial charge in [0.1, 0.15) is 0 Å². The number of para-hydroxylation sites is 1. The van der Waals surface area contributed by atoms with Crippen LogP contribution in [0.5, 0.6) is 0 Å². The molecule has 0 saturated carbocycles. The van der Waals surface area contributed by atoms with Crippen molar-refractivity contribution in [3.8, 4) is 0 Å². The van der Waals surface area contributed by atoms with Crippen molar-refractivity contribution in [2.45, 2.75) is 23.8 Å². The number of nitro benzene ring substituents is 1. The molecule has 0 aromatic heterocycles. The number of sulfonamides is 1. The number of carbonyl (C=O) groups excluding carboxylic acids is 1. The van der Waals surface area contributed by atoms with E-state index in [1.54, 1.807) is 0 Å². The van der Waals surface area contributed by atoms with Crippen LogP contribution < -0.4 is 0 Å². The van der Waals surface area contributed by atoms with E-state index in [2.05, 4.69) is 4.99 Å². The van der Waals surface area contributed by atoms with Crippen molar-refractivity contribution in [3.05, 3.63) is 34.4 Å². The fourth-order valence-corrected chi connectivity index (χ4v) is 3.88. The SMILES string of the molecule is O=C=NC1CCN(S(=O)(=O)c2ccccc2[N+](=O)[O-])CC1. The van der Waals surface area contributed by atoms with Crippen LogP contribution in [0.4, 0.5) is 5.69 Å². The van der Waals surface area contributed by atoms with E-state index in [0.717, 1.165) is 6.07 Å². The highest BCUT2D eigenvalue weighted by Gasteiger charge is 2.33. The van der Waals surface area contributed by atoms with Crippen LogP contribution in [-0.2, 0) is 14.8 Å². The highest BCUT2D eigenvalue weighted by molar-refractivity contribution is 7.89. The van der Waals surface area contributed by atoms with E-state index < -0.39 is 20.6 Å². The van der Waals surface area contributed by atoms with Crippen molar-refractivity contribution < 1.29 is 18.1 Å². The number of hydrogen-bond donors (Lipinski definition) is 0. The zero-order valence-corrected chi connectivity index (χ0v) is 11.8. The summed E-state index contributed by atoms with van der Waals surface area (Å²) in [6, 6.07) is 5.02. The van der Waals surface area contributed by atoms with Gasteiger partial charge in [0.25, 0.3) is 5.69 Å². The number of aliphatic imine (C=N–C) groups is 1. The molecule has 1 aliphatic heterocycles. The number of rotatable bonds is 4. The van der Waals surface area contributed by atoms with Gasteiger partial charge in [0, 0.05) is 19.2 Å². The normalized spacial score (nSPS) is 17.1. The molecule has 0 atom stereocenters. The second kappa shape index (κ2) is 6.13. The third-order valence-electron chi connectivity index (χ3n) is 3.34. The lowest BCUT2D eigenvalue weighted by Crippen LogP contribution is -2.39. The molecule has 0 aliphatic carbocycles. The summed E-state index contributed by atoms with van der Waals surface area (Å²) in [6.45, 7) is 0.342.